The van der Waals surface area contributed by atoms with Crippen molar-refractivity contribution in [1.82, 2.24) is 24.1 Å². The Morgan fingerprint density at radius 1 is 1.23 bits per heavy atom. The lowest BCUT2D eigenvalue weighted by molar-refractivity contribution is -0.120. The van der Waals surface area contributed by atoms with Crippen molar-refractivity contribution in [2.24, 2.45) is 0 Å². The van der Waals surface area contributed by atoms with Gasteiger partial charge >= 0.3 is 6.03 Å². The Morgan fingerprint density at radius 2 is 2.03 bits per heavy atom. The topological polar surface area (TPSA) is 107 Å². The van der Waals surface area contributed by atoms with Gasteiger partial charge in [0.15, 0.2) is 0 Å². The number of hydrogen-bond donors (Lipinski definition) is 1. The summed E-state index contributed by atoms with van der Waals surface area (Å²) in [7, 11) is -3.22. The average Bonchev–Trinajstić information content (AvgIpc) is 3.42. The number of anilines is 1. The summed E-state index contributed by atoms with van der Waals surface area (Å²) in [6.07, 6.45) is 4.63. The largest absolute Gasteiger partial charge is 0.328 e. The van der Waals surface area contributed by atoms with Crippen LogP contribution in [0.3, 0.4) is 0 Å². The zero-order valence-corrected chi connectivity index (χ0v) is 18.4. The predicted octanol–water partition coefficient (Wildman–Crippen LogP) is 0.777. The molecule has 3 aliphatic rings. The number of rotatable bonds is 5. The van der Waals surface area contributed by atoms with Crippen LogP contribution in [0.15, 0.2) is 24.5 Å². The Kier molecular flexibility index (Phi) is 4.79. The summed E-state index contributed by atoms with van der Waals surface area (Å²) >= 11 is 0. The quantitative estimate of drug-likeness (QED) is 0.727. The van der Waals surface area contributed by atoms with Crippen LogP contribution in [0.2, 0.25) is 0 Å². The molecule has 31 heavy (non-hydrogen) atoms. The molecule has 2 bridgehead atoms. The molecule has 5 heterocycles. The van der Waals surface area contributed by atoms with Crippen molar-refractivity contribution in [3.63, 3.8) is 0 Å². The highest BCUT2D eigenvalue weighted by Crippen LogP contribution is 2.35. The number of aromatic nitrogens is 2. The first-order valence-corrected chi connectivity index (χ1v) is 12.1. The first kappa shape index (κ1) is 20.4. The van der Waals surface area contributed by atoms with Crippen molar-refractivity contribution in [3.05, 3.63) is 30.1 Å². The number of pyridine rings is 1. The molecule has 166 valence electrons. The third-order valence-corrected chi connectivity index (χ3v) is 8.81. The maximum absolute atomic E-state index is 12.6. The van der Waals surface area contributed by atoms with Gasteiger partial charge in [-0.05, 0) is 38.0 Å². The number of hydrogen-bond acceptors (Lipinski definition) is 6. The van der Waals surface area contributed by atoms with Crippen LogP contribution in [0.1, 0.15) is 32.3 Å². The molecule has 0 saturated carbocycles. The van der Waals surface area contributed by atoms with E-state index in [1.54, 1.807) is 33.8 Å². The lowest BCUT2D eigenvalue weighted by Crippen LogP contribution is -2.50. The fourth-order valence-corrected chi connectivity index (χ4v) is 6.33. The Labute approximate surface area is 180 Å². The number of sulfonamides is 1. The second-order valence-corrected chi connectivity index (χ2v) is 11.2. The monoisotopic (exact) mass is 446 g/mol. The van der Waals surface area contributed by atoms with Crippen LogP contribution in [0, 0.1) is 0 Å². The Bertz CT molecular complexity index is 1160. The molecule has 3 saturated heterocycles. The van der Waals surface area contributed by atoms with E-state index in [2.05, 4.69) is 15.3 Å². The van der Waals surface area contributed by atoms with E-state index in [0.29, 0.717) is 25.3 Å². The van der Waals surface area contributed by atoms with Crippen molar-refractivity contribution in [1.29, 1.82) is 0 Å². The minimum atomic E-state index is -3.22. The van der Waals surface area contributed by atoms with Crippen molar-refractivity contribution in [2.75, 3.05) is 24.5 Å². The standard InChI is InChI=1S/C20H26N6O4S/c1-13(2)31(29,30)26-12-15-8-16(26)11-23(15)10-14-3-6-25-17(7-14)18(9-21-25)24-5-4-19(27)22-20(24)28/h3,6-7,9,13,15-16H,4-5,8,10-12H2,1-2H3,(H,22,27,28)/t15-,16?/m0/s1. The summed E-state index contributed by atoms with van der Waals surface area (Å²) < 4.78 is 28.6. The van der Waals surface area contributed by atoms with Crippen LogP contribution in [0.25, 0.3) is 5.52 Å². The van der Waals surface area contributed by atoms with Gasteiger partial charge in [-0.2, -0.15) is 9.40 Å². The molecule has 0 aromatic carbocycles. The summed E-state index contributed by atoms with van der Waals surface area (Å²) in [5, 5.41) is 6.28. The van der Waals surface area contributed by atoms with Gasteiger partial charge in [0.05, 0.1) is 22.7 Å². The molecule has 0 spiro atoms. The summed E-state index contributed by atoms with van der Waals surface area (Å²) in [5.41, 5.74) is 2.55. The van der Waals surface area contributed by atoms with Gasteiger partial charge < -0.3 is 0 Å². The number of urea groups is 1. The van der Waals surface area contributed by atoms with Crippen LogP contribution in [0.4, 0.5) is 10.5 Å². The van der Waals surface area contributed by atoms with Gasteiger partial charge in [-0.1, -0.05) is 0 Å². The number of nitrogens with one attached hydrogen (secondary N) is 1. The highest BCUT2D eigenvalue weighted by molar-refractivity contribution is 7.89. The van der Waals surface area contributed by atoms with Gasteiger partial charge in [0, 0.05) is 50.9 Å². The van der Waals surface area contributed by atoms with Gasteiger partial charge in [0.25, 0.3) is 0 Å². The summed E-state index contributed by atoms with van der Waals surface area (Å²) in [4.78, 5) is 27.6. The fourth-order valence-electron chi connectivity index (χ4n) is 4.84. The van der Waals surface area contributed by atoms with Crippen LogP contribution in [0.5, 0.6) is 0 Å². The molecule has 2 aromatic heterocycles. The smallest absolute Gasteiger partial charge is 0.293 e. The molecule has 3 fully saturated rings. The molecule has 1 N–H and O–H groups in total. The third-order valence-electron chi connectivity index (χ3n) is 6.52. The second kappa shape index (κ2) is 7.28. The van der Waals surface area contributed by atoms with Crippen LogP contribution in [-0.4, -0.2) is 76.1 Å². The molecule has 11 heteroatoms. The SMILES string of the molecule is CC(C)S(=O)(=O)N1C[C@@H]2CC1CN2Cc1ccn2ncc(N3CCC(=O)NC3=O)c2c1. The number of imide groups is 1. The van der Waals surface area contributed by atoms with E-state index in [1.807, 2.05) is 18.3 Å². The molecule has 3 amide bonds. The highest BCUT2D eigenvalue weighted by atomic mass is 32.2. The molecule has 0 aliphatic carbocycles. The maximum Gasteiger partial charge on any atom is 0.328 e. The van der Waals surface area contributed by atoms with E-state index in [0.717, 1.165) is 24.0 Å². The van der Waals surface area contributed by atoms with Crippen LogP contribution >= 0.6 is 0 Å². The highest BCUT2D eigenvalue weighted by Gasteiger charge is 2.48. The normalized spacial score (nSPS) is 25.2. The molecule has 3 aliphatic heterocycles. The number of carbonyl (C=O) groups excluding carboxylic acids is 2. The van der Waals surface area contributed by atoms with Crippen molar-refractivity contribution in [2.45, 2.75) is 50.6 Å². The molecule has 2 aromatic rings. The Morgan fingerprint density at radius 3 is 2.71 bits per heavy atom. The number of fused-ring (bicyclic) bond motifs is 3. The number of piperazine rings is 1. The lowest BCUT2D eigenvalue weighted by atomic mass is 10.2. The fraction of sp³-hybridized carbons (Fsp3) is 0.550. The Balaban J connectivity index is 1.34. The van der Waals surface area contributed by atoms with E-state index in [9.17, 15) is 18.0 Å². The molecular weight excluding hydrogens is 420 g/mol. The van der Waals surface area contributed by atoms with E-state index in [1.165, 1.54) is 0 Å². The zero-order valence-electron chi connectivity index (χ0n) is 17.6. The number of likely N-dealkylation sites (tertiary alicyclic amines) is 1. The average molecular weight is 447 g/mol. The first-order valence-electron chi connectivity index (χ1n) is 10.6. The zero-order chi connectivity index (χ0) is 21.9. The van der Waals surface area contributed by atoms with Gasteiger partial charge in [0.2, 0.25) is 15.9 Å². The van der Waals surface area contributed by atoms with E-state index < -0.39 is 21.3 Å². The molecule has 1 unspecified atom stereocenters. The van der Waals surface area contributed by atoms with Gasteiger partial charge in [0.1, 0.15) is 0 Å². The maximum atomic E-state index is 12.6. The molecule has 10 nitrogen and oxygen atoms in total. The lowest BCUT2D eigenvalue weighted by Gasteiger charge is -2.34. The van der Waals surface area contributed by atoms with Gasteiger partial charge in [-0.3, -0.25) is 19.9 Å². The summed E-state index contributed by atoms with van der Waals surface area (Å²) in [5.74, 6) is -0.268. The second-order valence-electron chi connectivity index (χ2n) is 8.79. The third kappa shape index (κ3) is 3.40. The predicted molar refractivity (Wildman–Crippen MR) is 114 cm³/mol. The van der Waals surface area contributed by atoms with Crippen molar-refractivity contribution < 1.29 is 18.0 Å². The molecule has 2 atom stereocenters. The van der Waals surface area contributed by atoms with Crippen molar-refractivity contribution >= 4 is 33.2 Å². The molecule has 5 rings (SSSR count). The molecule has 0 radical (unpaired) electrons. The summed E-state index contributed by atoms with van der Waals surface area (Å²) in [6.45, 7) is 5.78. The minimum absolute atomic E-state index is 0.0428. The number of nitrogens with zero attached hydrogens (tertiary/aromatic N) is 5. The first-order chi connectivity index (χ1) is 14.7. The van der Waals surface area contributed by atoms with Gasteiger partial charge in [-0.25, -0.2) is 17.7 Å². The minimum Gasteiger partial charge on any atom is -0.293 e. The van der Waals surface area contributed by atoms with Crippen molar-refractivity contribution in [3.8, 4) is 0 Å². The van der Waals surface area contributed by atoms with E-state index in [4.69, 9.17) is 0 Å². The number of carbonyl (C=O) groups is 2. The Hall–Kier alpha value is -2.50. The number of amides is 3. The molecular formula is C20H26N6O4S. The van der Waals surface area contributed by atoms with E-state index >= 15 is 0 Å². The summed E-state index contributed by atoms with van der Waals surface area (Å²) in [6, 6.07) is 3.85. The van der Waals surface area contributed by atoms with Crippen LogP contribution < -0.4 is 10.2 Å². The van der Waals surface area contributed by atoms with Gasteiger partial charge in [-0.15, -0.1) is 0 Å². The van der Waals surface area contributed by atoms with E-state index in [-0.39, 0.29) is 24.4 Å². The van der Waals surface area contributed by atoms with Crippen LogP contribution in [-0.2, 0) is 21.4 Å².